The SMILES string of the molecule is C=C1/C=C\C=C/CCc2c(oc3c2=CCC=CC=3Cl)/C=C\1c1ccccc1. The quantitative estimate of drug-likeness (QED) is 0.642. The number of hydrogen-bond acceptors (Lipinski definition) is 1. The molecule has 27 heavy (non-hydrogen) atoms. The Hall–Kier alpha value is -2.77. The molecular formula is C25H21ClO. The van der Waals surface area contributed by atoms with Crippen LogP contribution >= 0.6 is 11.6 Å². The third-order valence-corrected chi connectivity index (χ3v) is 5.13. The summed E-state index contributed by atoms with van der Waals surface area (Å²) in [5, 5.41) is 1.78. The van der Waals surface area contributed by atoms with Gasteiger partial charge in [-0.1, -0.05) is 85.0 Å². The lowest BCUT2D eigenvalue weighted by Crippen LogP contribution is -2.23. The van der Waals surface area contributed by atoms with Crippen LogP contribution in [0.2, 0.25) is 0 Å². The minimum atomic E-state index is 0.655. The topological polar surface area (TPSA) is 13.1 Å². The second kappa shape index (κ2) is 7.85. The monoisotopic (exact) mass is 372 g/mol. The molecule has 0 saturated carbocycles. The zero-order valence-corrected chi connectivity index (χ0v) is 15.9. The summed E-state index contributed by atoms with van der Waals surface area (Å²) < 4.78 is 6.28. The molecule has 134 valence electrons. The molecule has 0 saturated heterocycles. The summed E-state index contributed by atoms with van der Waals surface area (Å²) in [5.41, 5.74) is 5.09. The first kappa shape index (κ1) is 17.6. The van der Waals surface area contributed by atoms with Gasteiger partial charge in [0.15, 0.2) is 5.42 Å². The predicted molar refractivity (Wildman–Crippen MR) is 115 cm³/mol. The molecule has 2 aromatic rings. The largest absolute Gasteiger partial charge is 0.455 e. The van der Waals surface area contributed by atoms with Crippen LogP contribution in [0, 0.1) is 0 Å². The average molecular weight is 373 g/mol. The summed E-state index contributed by atoms with van der Waals surface area (Å²) in [6.07, 6.45) is 19.4. The molecule has 0 unspecified atom stereocenters. The van der Waals surface area contributed by atoms with E-state index in [1.54, 1.807) is 0 Å². The van der Waals surface area contributed by atoms with Gasteiger partial charge in [-0.05, 0) is 48.1 Å². The normalized spacial score (nSPS) is 21.0. The Kier molecular flexibility index (Phi) is 5.13. The molecule has 0 radical (unpaired) electrons. The standard InChI is InChI=1S/C25H21ClO/c1-18-11-5-2-3-8-14-20-21-15-9-10-16-23(26)25(21)27-24(20)17-22(18)19-12-6-4-7-13-19/h2-7,10-13,15-17H,1,8-9,14H2/b3-2-,11-5-,22-17+. The smallest absolute Gasteiger partial charge is 0.153 e. The minimum absolute atomic E-state index is 0.655. The van der Waals surface area contributed by atoms with E-state index in [4.69, 9.17) is 16.0 Å². The molecule has 2 aliphatic carbocycles. The lowest BCUT2D eigenvalue weighted by atomic mass is 9.96. The Morgan fingerprint density at radius 3 is 2.70 bits per heavy atom. The van der Waals surface area contributed by atoms with Gasteiger partial charge in [-0.15, -0.1) is 0 Å². The van der Waals surface area contributed by atoms with Gasteiger partial charge < -0.3 is 4.42 Å². The van der Waals surface area contributed by atoms with Gasteiger partial charge in [0.1, 0.15) is 5.76 Å². The Morgan fingerprint density at radius 1 is 1.00 bits per heavy atom. The molecule has 1 heterocycles. The van der Waals surface area contributed by atoms with Gasteiger partial charge in [0.05, 0.1) is 5.03 Å². The maximum Gasteiger partial charge on any atom is 0.153 e. The van der Waals surface area contributed by atoms with Crippen molar-refractivity contribution in [1.82, 2.24) is 0 Å². The van der Waals surface area contributed by atoms with Crippen molar-refractivity contribution in [2.45, 2.75) is 19.3 Å². The van der Waals surface area contributed by atoms with Crippen molar-refractivity contribution in [3.05, 3.63) is 106 Å². The van der Waals surface area contributed by atoms with E-state index in [1.165, 1.54) is 5.56 Å². The molecule has 0 atom stereocenters. The molecule has 0 aliphatic heterocycles. The highest BCUT2D eigenvalue weighted by molar-refractivity contribution is 6.47. The van der Waals surface area contributed by atoms with Crippen molar-refractivity contribution in [1.29, 1.82) is 0 Å². The minimum Gasteiger partial charge on any atom is -0.455 e. The van der Waals surface area contributed by atoms with E-state index < -0.39 is 0 Å². The van der Waals surface area contributed by atoms with Crippen LogP contribution in [0.5, 0.6) is 0 Å². The maximum atomic E-state index is 6.48. The molecule has 0 amide bonds. The fraction of sp³-hybridized carbons (Fsp3) is 0.120. The van der Waals surface area contributed by atoms with Gasteiger partial charge in [0.2, 0.25) is 0 Å². The Labute approximate surface area is 164 Å². The van der Waals surface area contributed by atoms with Crippen molar-refractivity contribution < 1.29 is 4.42 Å². The second-order valence-electron chi connectivity index (χ2n) is 6.65. The zero-order valence-electron chi connectivity index (χ0n) is 15.1. The van der Waals surface area contributed by atoms with Crippen molar-refractivity contribution in [2.75, 3.05) is 0 Å². The fourth-order valence-corrected chi connectivity index (χ4v) is 3.70. The fourth-order valence-electron chi connectivity index (χ4n) is 3.47. The van der Waals surface area contributed by atoms with Crippen molar-refractivity contribution in [3.63, 3.8) is 0 Å². The zero-order chi connectivity index (χ0) is 18.6. The highest BCUT2D eigenvalue weighted by atomic mass is 35.5. The molecule has 1 aromatic carbocycles. The van der Waals surface area contributed by atoms with Crippen LogP contribution in [0.25, 0.3) is 22.8 Å². The summed E-state index contributed by atoms with van der Waals surface area (Å²) in [6, 6.07) is 10.3. The molecule has 0 N–H and O–H groups in total. The van der Waals surface area contributed by atoms with Crippen LogP contribution in [-0.2, 0) is 6.42 Å². The molecule has 2 heteroatoms. The van der Waals surface area contributed by atoms with Crippen LogP contribution in [0.4, 0.5) is 0 Å². The molecule has 4 rings (SSSR count). The number of furan rings is 1. The number of benzene rings is 1. The molecular weight excluding hydrogens is 352 g/mol. The lowest BCUT2D eigenvalue weighted by Gasteiger charge is -2.08. The van der Waals surface area contributed by atoms with Gasteiger partial charge >= 0.3 is 0 Å². The Morgan fingerprint density at radius 2 is 1.85 bits per heavy atom. The summed E-state index contributed by atoms with van der Waals surface area (Å²) in [4.78, 5) is 0. The van der Waals surface area contributed by atoms with Gasteiger partial charge in [0, 0.05) is 10.8 Å². The van der Waals surface area contributed by atoms with Gasteiger partial charge in [-0.25, -0.2) is 0 Å². The van der Waals surface area contributed by atoms with E-state index in [1.807, 2.05) is 36.4 Å². The summed E-state index contributed by atoms with van der Waals surface area (Å²) in [7, 11) is 0. The van der Waals surface area contributed by atoms with Gasteiger partial charge in [0.25, 0.3) is 0 Å². The van der Waals surface area contributed by atoms with Gasteiger partial charge in [-0.2, -0.15) is 0 Å². The molecule has 0 spiro atoms. The van der Waals surface area contributed by atoms with E-state index in [0.29, 0.717) is 5.03 Å². The predicted octanol–water partition coefficient (Wildman–Crippen LogP) is 5.52. The van der Waals surface area contributed by atoms with Crippen LogP contribution in [0.15, 0.2) is 83.4 Å². The van der Waals surface area contributed by atoms with Gasteiger partial charge in [-0.3, -0.25) is 0 Å². The Balaban J connectivity index is 2.00. The first-order valence-electron chi connectivity index (χ1n) is 9.22. The number of halogens is 1. The number of rotatable bonds is 1. The van der Waals surface area contributed by atoms with E-state index >= 15 is 0 Å². The van der Waals surface area contributed by atoms with Crippen LogP contribution < -0.4 is 10.6 Å². The Bertz CT molecular complexity index is 1110. The van der Waals surface area contributed by atoms with E-state index in [9.17, 15) is 0 Å². The van der Waals surface area contributed by atoms with Crippen LogP contribution in [-0.4, -0.2) is 0 Å². The molecule has 0 fully saturated rings. The number of allylic oxidation sites excluding steroid dienone is 8. The van der Waals surface area contributed by atoms with Crippen molar-refractivity contribution >= 4 is 34.4 Å². The average Bonchev–Trinajstić information content (AvgIpc) is 2.90. The molecule has 1 nitrogen and oxygen atoms in total. The first-order chi connectivity index (χ1) is 13.2. The molecule has 2 aliphatic rings. The molecule has 1 aromatic heterocycles. The third kappa shape index (κ3) is 3.70. The second-order valence-corrected chi connectivity index (χ2v) is 7.06. The number of fused-ring (bicyclic) bond motifs is 3. The summed E-state index contributed by atoms with van der Waals surface area (Å²) in [5.74, 6) is 0.869. The maximum absolute atomic E-state index is 6.48. The highest BCUT2D eigenvalue weighted by Crippen LogP contribution is 2.27. The van der Waals surface area contributed by atoms with E-state index in [0.717, 1.165) is 52.4 Å². The number of hydrogen-bond donors (Lipinski definition) is 0. The first-order valence-corrected chi connectivity index (χ1v) is 9.59. The highest BCUT2D eigenvalue weighted by Gasteiger charge is 2.15. The lowest BCUT2D eigenvalue weighted by molar-refractivity contribution is 0.519. The van der Waals surface area contributed by atoms with E-state index in [-0.39, 0.29) is 0 Å². The van der Waals surface area contributed by atoms with Crippen LogP contribution in [0.3, 0.4) is 0 Å². The van der Waals surface area contributed by atoms with Crippen molar-refractivity contribution in [2.24, 2.45) is 0 Å². The molecule has 0 bridgehead atoms. The van der Waals surface area contributed by atoms with E-state index in [2.05, 4.69) is 49.1 Å². The van der Waals surface area contributed by atoms with Crippen molar-refractivity contribution in [3.8, 4) is 0 Å². The summed E-state index contributed by atoms with van der Waals surface area (Å²) in [6.45, 7) is 4.28. The third-order valence-electron chi connectivity index (χ3n) is 4.83. The summed E-state index contributed by atoms with van der Waals surface area (Å²) >= 11 is 6.48. The van der Waals surface area contributed by atoms with Crippen LogP contribution in [0.1, 0.15) is 29.7 Å².